The van der Waals surface area contributed by atoms with Crippen molar-refractivity contribution in [2.75, 3.05) is 0 Å². The van der Waals surface area contributed by atoms with Crippen LogP contribution in [0.2, 0.25) is 0 Å². The topological polar surface area (TPSA) is 30.7 Å². The van der Waals surface area contributed by atoms with E-state index in [1.54, 1.807) is 0 Å². The van der Waals surface area contributed by atoms with Crippen molar-refractivity contribution in [1.82, 2.24) is 14.5 Å². The first-order valence-electron chi connectivity index (χ1n) is 22.5. The summed E-state index contributed by atoms with van der Waals surface area (Å²) < 4.78 is 2.62. The molecule has 2 aliphatic carbocycles. The Bertz CT molecular complexity index is 3590. The molecule has 0 atom stereocenters. The van der Waals surface area contributed by atoms with Gasteiger partial charge in [-0.05, 0) is 98.1 Å². The summed E-state index contributed by atoms with van der Waals surface area (Å²) in [6.07, 6.45) is 6.06. The molecular formula is C60H43N3. The number of benzene rings is 9. The Balaban J connectivity index is 1.10. The van der Waals surface area contributed by atoms with E-state index in [1.807, 2.05) is 0 Å². The highest BCUT2D eigenvalue weighted by atomic mass is 15.0. The minimum absolute atomic E-state index is 0.0631. The molecule has 0 amide bonds. The van der Waals surface area contributed by atoms with Gasteiger partial charge in [0.1, 0.15) is 0 Å². The molecule has 3 heteroatoms. The third kappa shape index (κ3) is 5.52. The van der Waals surface area contributed by atoms with Crippen molar-refractivity contribution in [2.24, 2.45) is 0 Å². The molecule has 2 aromatic heterocycles. The van der Waals surface area contributed by atoms with Crippen LogP contribution in [0.4, 0.5) is 0 Å². The predicted molar refractivity (Wildman–Crippen MR) is 262 cm³/mol. The highest BCUT2D eigenvalue weighted by Gasteiger charge is 2.47. The van der Waals surface area contributed by atoms with Gasteiger partial charge < -0.3 is 4.57 Å². The Kier molecular flexibility index (Phi) is 8.14. The number of rotatable bonds is 5. The van der Waals surface area contributed by atoms with Crippen LogP contribution < -0.4 is 0 Å². The van der Waals surface area contributed by atoms with Crippen LogP contribution in [0.3, 0.4) is 0 Å². The van der Waals surface area contributed by atoms with Gasteiger partial charge in [-0.2, -0.15) is 0 Å². The molecule has 0 saturated heterocycles. The van der Waals surface area contributed by atoms with Gasteiger partial charge in [0.15, 0.2) is 5.82 Å². The third-order valence-corrected chi connectivity index (χ3v) is 14.1. The summed E-state index contributed by atoms with van der Waals surface area (Å²) in [7, 11) is 0. The van der Waals surface area contributed by atoms with Gasteiger partial charge in [0.25, 0.3) is 0 Å². The maximum atomic E-state index is 5.40. The summed E-state index contributed by atoms with van der Waals surface area (Å²) in [6, 6.07) is 73.1. The van der Waals surface area contributed by atoms with E-state index in [0.717, 1.165) is 52.2 Å². The van der Waals surface area contributed by atoms with Crippen molar-refractivity contribution in [3.63, 3.8) is 0 Å². The Morgan fingerprint density at radius 3 is 1.89 bits per heavy atom. The minimum Gasteiger partial charge on any atom is -0.309 e. The van der Waals surface area contributed by atoms with E-state index in [1.165, 1.54) is 90.4 Å². The minimum atomic E-state index is -0.0631. The zero-order valence-electron chi connectivity index (χ0n) is 34.9. The van der Waals surface area contributed by atoms with E-state index in [-0.39, 0.29) is 5.41 Å². The number of aromatic nitrogens is 3. The van der Waals surface area contributed by atoms with Crippen LogP contribution in [0.1, 0.15) is 43.2 Å². The molecule has 0 unspecified atom stereocenters. The number of nitrogens with zero attached hydrogens (tertiary/aromatic N) is 3. The standard InChI is InChI=1S/C60H43N3/c1-4-18-39(19-5-1)42-23-16-25-44(36-42)59-61-51(41-21-6-2-7-22-41)38-52(62-59)43-24-17-26-45(37-43)63-53-33-32-40-20-8-9-27-46(40)55(53)56-48-29-11-10-28-47(48)54-49-30-12-13-31-50(49)60(57(54)58(56)63)34-14-3-15-35-60/h1-2,4-13,16-33,36-38H,3,14-15,34-35H2. The van der Waals surface area contributed by atoms with Crippen molar-refractivity contribution in [3.8, 4) is 61.8 Å². The highest BCUT2D eigenvalue weighted by Crippen LogP contribution is 2.61. The summed E-state index contributed by atoms with van der Waals surface area (Å²) in [5.74, 6) is 0.708. The summed E-state index contributed by atoms with van der Waals surface area (Å²) >= 11 is 0. The van der Waals surface area contributed by atoms with Gasteiger partial charge in [0, 0.05) is 38.6 Å². The molecule has 0 N–H and O–H groups in total. The van der Waals surface area contributed by atoms with E-state index in [0.29, 0.717) is 5.82 Å². The van der Waals surface area contributed by atoms with E-state index in [4.69, 9.17) is 9.97 Å². The SMILES string of the molecule is c1ccc(-c2cccc(-c3nc(-c4ccccc4)cc(-c4cccc(-n5c6ccc7ccccc7c6c6c7ccccc7c7c(c65)C5(CCCCC5)c5ccccc5-7)c4)n3)c2)cc1. The normalized spacial score (nSPS) is 14.2. The fourth-order valence-electron chi connectivity index (χ4n) is 11.4. The largest absolute Gasteiger partial charge is 0.309 e. The van der Waals surface area contributed by atoms with E-state index >= 15 is 0 Å². The second-order valence-corrected chi connectivity index (χ2v) is 17.5. The molecule has 1 spiro atoms. The van der Waals surface area contributed by atoms with Crippen molar-refractivity contribution in [1.29, 1.82) is 0 Å². The average molecular weight is 806 g/mol. The number of hydrogen-bond acceptors (Lipinski definition) is 2. The molecule has 11 aromatic rings. The maximum Gasteiger partial charge on any atom is 0.160 e. The zero-order chi connectivity index (χ0) is 41.5. The van der Waals surface area contributed by atoms with Gasteiger partial charge in [-0.3, -0.25) is 0 Å². The monoisotopic (exact) mass is 805 g/mol. The lowest BCUT2D eigenvalue weighted by Crippen LogP contribution is -2.28. The Labute approximate surface area is 367 Å². The number of hydrogen-bond donors (Lipinski definition) is 0. The summed E-state index contributed by atoms with van der Waals surface area (Å²) in [5, 5.41) is 7.90. The summed E-state index contributed by atoms with van der Waals surface area (Å²) in [4.78, 5) is 10.6. The Hall–Kier alpha value is -7.62. The fraction of sp³-hybridized carbons (Fsp3) is 0.100. The van der Waals surface area contributed by atoms with Crippen LogP contribution >= 0.6 is 0 Å². The second kappa shape index (κ2) is 14.2. The lowest BCUT2D eigenvalue weighted by atomic mass is 9.67. The molecule has 13 rings (SSSR count). The quantitative estimate of drug-likeness (QED) is 0.173. The van der Waals surface area contributed by atoms with Crippen molar-refractivity contribution < 1.29 is 0 Å². The van der Waals surface area contributed by atoms with Gasteiger partial charge in [0.05, 0.1) is 22.4 Å². The molecule has 63 heavy (non-hydrogen) atoms. The number of fused-ring (bicyclic) bond motifs is 14. The first-order chi connectivity index (χ1) is 31.2. The van der Waals surface area contributed by atoms with Gasteiger partial charge in [-0.15, -0.1) is 0 Å². The van der Waals surface area contributed by atoms with Crippen LogP contribution in [0.5, 0.6) is 0 Å². The lowest BCUT2D eigenvalue weighted by molar-refractivity contribution is 0.354. The van der Waals surface area contributed by atoms with E-state index in [2.05, 4.69) is 205 Å². The van der Waals surface area contributed by atoms with Crippen LogP contribution in [0.15, 0.2) is 200 Å². The third-order valence-electron chi connectivity index (χ3n) is 14.1. The maximum absolute atomic E-state index is 5.40. The van der Waals surface area contributed by atoms with Crippen LogP contribution in [0.25, 0.3) is 105 Å². The van der Waals surface area contributed by atoms with E-state index < -0.39 is 0 Å². The molecule has 9 aromatic carbocycles. The molecule has 2 heterocycles. The molecule has 0 aliphatic heterocycles. The molecule has 1 saturated carbocycles. The predicted octanol–water partition coefficient (Wildman–Crippen LogP) is 15.8. The summed E-state index contributed by atoms with van der Waals surface area (Å²) in [5.41, 5.74) is 16.7. The molecular weight excluding hydrogens is 763 g/mol. The summed E-state index contributed by atoms with van der Waals surface area (Å²) in [6.45, 7) is 0. The van der Waals surface area contributed by atoms with E-state index in [9.17, 15) is 0 Å². The molecule has 0 bridgehead atoms. The Morgan fingerprint density at radius 2 is 1.06 bits per heavy atom. The van der Waals surface area contributed by atoms with Crippen molar-refractivity contribution in [2.45, 2.75) is 37.5 Å². The van der Waals surface area contributed by atoms with Gasteiger partial charge >= 0.3 is 0 Å². The molecule has 3 nitrogen and oxygen atoms in total. The van der Waals surface area contributed by atoms with Crippen LogP contribution in [0, 0.1) is 0 Å². The van der Waals surface area contributed by atoms with Gasteiger partial charge in [0.2, 0.25) is 0 Å². The Morgan fingerprint density at radius 1 is 0.429 bits per heavy atom. The lowest BCUT2D eigenvalue weighted by Gasteiger charge is -2.36. The molecule has 0 radical (unpaired) electrons. The zero-order valence-corrected chi connectivity index (χ0v) is 34.9. The highest BCUT2D eigenvalue weighted by molar-refractivity contribution is 6.32. The van der Waals surface area contributed by atoms with Gasteiger partial charge in [-0.25, -0.2) is 9.97 Å². The fourth-order valence-corrected chi connectivity index (χ4v) is 11.4. The first kappa shape index (κ1) is 36.1. The smallest absolute Gasteiger partial charge is 0.160 e. The first-order valence-corrected chi connectivity index (χ1v) is 22.5. The van der Waals surface area contributed by atoms with Crippen LogP contribution in [-0.2, 0) is 5.41 Å². The second-order valence-electron chi connectivity index (χ2n) is 17.5. The molecule has 298 valence electrons. The van der Waals surface area contributed by atoms with Crippen LogP contribution in [-0.4, -0.2) is 14.5 Å². The van der Waals surface area contributed by atoms with Crippen molar-refractivity contribution in [3.05, 3.63) is 211 Å². The average Bonchev–Trinajstić information content (AvgIpc) is 3.85. The molecule has 1 fully saturated rings. The molecule has 2 aliphatic rings. The van der Waals surface area contributed by atoms with Crippen molar-refractivity contribution >= 4 is 43.4 Å². The van der Waals surface area contributed by atoms with Gasteiger partial charge in [-0.1, -0.05) is 189 Å².